The standard InChI is InChI=1S/C12H21N3OS/c1-3-16-12-14-13-11(17-12)9-15-7-4-5-10(2)6-8-15/h10H,3-9H2,1-2H3/t10-/m1/s1. The second-order valence-electron chi connectivity index (χ2n) is 4.71. The van der Waals surface area contributed by atoms with Crippen LogP contribution >= 0.6 is 11.3 Å². The molecule has 1 atom stereocenters. The number of nitrogens with zero attached hydrogens (tertiary/aromatic N) is 3. The van der Waals surface area contributed by atoms with Gasteiger partial charge in [0, 0.05) is 0 Å². The lowest BCUT2D eigenvalue weighted by Gasteiger charge is -2.17. The first-order chi connectivity index (χ1) is 8.28. The lowest BCUT2D eigenvalue weighted by molar-refractivity contribution is 0.272. The largest absolute Gasteiger partial charge is 0.469 e. The summed E-state index contributed by atoms with van der Waals surface area (Å²) >= 11 is 1.57. The molecule has 0 unspecified atom stereocenters. The molecule has 0 bridgehead atoms. The van der Waals surface area contributed by atoms with E-state index >= 15 is 0 Å². The predicted molar refractivity (Wildman–Crippen MR) is 69.4 cm³/mol. The summed E-state index contributed by atoms with van der Waals surface area (Å²) < 4.78 is 5.34. The second kappa shape index (κ2) is 6.31. The highest BCUT2D eigenvalue weighted by Gasteiger charge is 2.15. The third kappa shape index (κ3) is 3.92. The van der Waals surface area contributed by atoms with Gasteiger partial charge in [-0.2, -0.15) is 0 Å². The molecule has 96 valence electrons. The van der Waals surface area contributed by atoms with E-state index in [1.54, 1.807) is 11.3 Å². The molecule has 1 saturated heterocycles. The van der Waals surface area contributed by atoms with Crippen molar-refractivity contribution < 1.29 is 4.74 Å². The maximum absolute atomic E-state index is 5.34. The Bertz CT molecular complexity index is 342. The molecule has 0 aliphatic carbocycles. The number of rotatable bonds is 4. The molecule has 0 amide bonds. The lowest BCUT2D eigenvalue weighted by atomic mass is 10.0. The SMILES string of the molecule is CCOc1nnc(CN2CCC[C@@H](C)CC2)s1. The van der Waals surface area contributed by atoms with Crippen LogP contribution in [0.3, 0.4) is 0 Å². The first-order valence-corrected chi connectivity index (χ1v) is 7.27. The van der Waals surface area contributed by atoms with Crippen molar-refractivity contribution in [3.05, 3.63) is 5.01 Å². The fraction of sp³-hybridized carbons (Fsp3) is 0.833. The molecule has 0 N–H and O–H groups in total. The van der Waals surface area contributed by atoms with E-state index in [1.165, 1.54) is 32.4 Å². The van der Waals surface area contributed by atoms with Gasteiger partial charge in [-0.05, 0) is 45.2 Å². The third-order valence-corrected chi connectivity index (χ3v) is 4.00. The molecule has 17 heavy (non-hydrogen) atoms. The van der Waals surface area contributed by atoms with E-state index in [9.17, 15) is 0 Å². The summed E-state index contributed by atoms with van der Waals surface area (Å²) in [6, 6.07) is 0. The fourth-order valence-electron chi connectivity index (χ4n) is 2.16. The number of likely N-dealkylation sites (tertiary alicyclic amines) is 1. The minimum absolute atomic E-state index is 0.663. The second-order valence-corrected chi connectivity index (χ2v) is 5.73. The van der Waals surface area contributed by atoms with Crippen LogP contribution in [0, 0.1) is 5.92 Å². The summed E-state index contributed by atoms with van der Waals surface area (Å²) in [6.07, 6.45) is 3.96. The van der Waals surface area contributed by atoms with Crippen LogP contribution in [0.25, 0.3) is 0 Å². The van der Waals surface area contributed by atoms with E-state index in [-0.39, 0.29) is 0 Å². The van der Waals surface area contributed by atoms with Crippen molar-refractivity contribution in [3.8, 4) is 5.19 Å². The summed E-state index contributed by atoms with van der Waals surface area (Å²) in [5.74, 6) is 0.869. The summed E-state index contributed by atoms with van der Waals surface area (Å²) in [6.45, 7) is 8.28. The van der Waals surface area contributed by atoms with Gasteiger partial charge in [0.1, 0.15) is 5.01 Å². The predicted octanol–water partition coefficient (Wildman–Crippen LogP) is 2.56. The normalized spacial score (nSPS) is 22.4. The van der Waals surface area contributed by atoms with Crippen molar-refractivity contribution in [2.45, 2.75) is 39.7 Å². The smallest absolute Gasteiger partial charge is 0.294 e. The van der Waals surface area contributed by atoms with Gasteiger partial charge >= 0.3 is 0 Å². The van der Waals surface area contributed by atoms with Gasteiger partial charge < -0.3 is 4.74 Å². The average Bonchev–Trinajstić information content (AvgIpc) is 2.63. The maximum atomic E-state index is 5.34. The highest BCUT2D eigenvalue weighted by Crippen LogP contribution is 2.22. The molecular weight excluding hydrogens is 234 g/mol. The Morgan fingerprint density at radius 2 is 2.24 bits per heavy atom. The molecule has 1 aliphatic heterocycles. The molecule has 0 spiro atoms. The van der Waals surface area contributed by atoms with E-state index in [0.29, 0.717) is 11.8 Å². The number of hydrogen-bond donors (Lipinski definition) is 0. The minimum atomic E-state index is 0.663. The first-order valence-electron chi connectivity index (χ1n) is 6.45. The van der Waals surface area contributed by atoms with Crippen LogP contribution in [0.2, 0.25) is 0 Å². The molecule has 4 nitrogen and oxygen atoms in total. The van der Waals surface area contributed by atoms with Crippen LogP contribution in [0.1, 0.15) is 38.1 Å². The highest BCUT2D eigenvalue weighted by molar-refractivity contribution is 7.13. The van der Waals surface area contributed by atoms with Gasteiger partial charge in [0.05, 0.1) is 13.2 Å². The van der Waals surface area contributed by atoms with Gasteiger partial charge in [-0.25, -0.2) is 0 Å². The highest BCUT2D eigenvalue weighted by atomic mass is 32.1. The van der Waals surface area contributed by atoms with Gasteiger partial charge in [-0.15, -0.1) is 10.2 Å². The van der Waals surface area contributed by atoms with Crippen LogP contribution in [0.15, 0.2) is 0 Å². The fourth-order valence-corrected chi connectivity index (χ4v) is 2.94. The summed E-state index contributed by atoms with van der Waals surface area (Å²) in [7, 11) is 0. The zero-order valence-electron chi connectivity index (χ0n) is 10.7. The van der Waals surface area contributed by atoms with Crippen LogP contribution in [-0.4, -0.2) is 34.8 Å². The maximum Gasteiger partial charge on any atom is 0.294 e. The van der Waals surface area contributed by atoms with Crippen molar-refractivity contribution in [3.63, 3.8) is 0 Å². The van der Waals surface area contributed by atoms with Gasteiger partial charge in [-0.1, -0.05) is 18.3 Å². The van der Waals surface area contributed by atoms with Gasteiger partial charge in [-0.3, -0.25) is 4.90 Å². The van der Waals surface area contributed by atoms with Crippen LogP contribution in [-0.2, 0) is 6.54 Å². The number of hydrogen-bond acceptors (Lipinski definition) is 5. The quantitative estimate of drug-likeness (QED) is 0.829. The van der Waals surface area contributed by atoms with Crippen molar-refractivity contribution >= 4 is 11.3 Å². The molecular formula is C12H21N3OS. The van der Waals surface area contributed by atoms with E-state index in [4.69, 9.17) is 4.74 Å². The molecule has 1 aromatic heterocycles. The lowest BCUT2D eigenvalue weighted by Crippen LogP contribution is -2.24. The molecule has 0 saturated carbocycles. The monoisotopic (exact) mass is 255 g/mol. The average molecular weight is 255 g/mol. The molecule has 1 fully saturated rings. The molecule has 5 heteroatoms. The molecule has 0 aromatic carbocycles. The topological polar surface area (TPSA) is 38.3 Å². The minimum Gasteiger partial charge on any atom is -0.469 e. The van der Waals surface area contributed by atoms with E-state index in [2.05, 4.69) is 22.0 Å². The van der Waals surface area contributed by atoms with Gasteiger partial charge in [0.2, 0.25) is 0 Å². The summed E-state index contributed by atoms with van der Waals surface area (Å²) in [5, 5.41) is 9.98. The molecule has 2 rings (SSSR count). The number of aromatic nitrogens is 2. The van der Waals surface area contributed by atoms with Crippen LogP contribution < -0.4 is 4.74 Å². The Kier molecular flexibility index (Phi) is 4.74. The Balaban J connectivity index is 1.86. The van der Waals surface area contributed by atoms with Crippen LogP contribution in [0.4, 0.5) is 0 Å². The molecule has 1 aromatic rings. The van der Waals surface area contributed by atoms with E-state index < -0.39 is 0 Å². The van der Waals surface area contributed by atoms with Crippen LogP contribution in [0.5, 0.6) is 5.19 Å². The Morgan fingerprint density at radius 1 is 1.35 bits per heavy atom. The van der Waals surface area contributed by atoms with Crippen molar-refractivity contribution in [1.29, 1.82) is 0 Å². The Hall–Kier alpha value is -0.680. The first kappa shape index (κ1) is 12.8. The Morgan fingerprint density at radius 3 is 3.06 bits per heavy atom. The van der Waals surface area contributed by atoms with E-state index in [1.807, 2.05) is 6.92 Å². The zero-order chi connectivity index (χ0) is 12.1. The Labute approximate surface area is 107 Å². The van der Waals surface area contributed by atoms with Crippen molar-refractivity contribution in [2.75, 3.05) is 19.7 Å². The van der Waals surface area contributed by atoms with Gasteiger partial charge in [0.15, 0.2) is 0 Å². The van der Waals surface area contributed by atoms with Gasteiger partial charge in [0.25, 0.3) is 5.19 Å². The third-order valence-electron chi connectivity index (χ3n) is 3.18. The molecule has 2 heterocycles. The van der Waals surface area contributed by atoms with Crippen molar-refractivity contribution in [1.82, 2.24) is 15.1 Å². The zero-order valence-corrected chi connectivity index (χ0v) is 11.5. The number of ether oxygens (including phenoxy) is 1. The summed E-state index contributed by atoms with van der Waals surface area (Å²) in [5.41, 5.74) is 0. The molecule has 0 radical (unpaired) electrons. The van der Waals surface area contributed by atoms with Crippen molar-refractivity contribution in [2.24, 2.45) is 5.92 Å². The molecule has 1 aliphatic rings. The summed E-state index contributed by atoms with van der Waals surface area (Å²) in [4.78, 5) is 2.49. The van der Waals surface area contributed by atoms with E-state index in [0.717, 1.165) is 17.5 Å².